The fourth-order valence-electron chi connectivity index (χ4n) is 2.38. The smallest absolute Gasteiger partial charge is 0.230 e. The SMILES string of the molecule is CCCN(CCC)c1cc(Cl)nc(SCC(=O)NCc2ccncc2)n1. The number of hydrogen-bond acceptors (Lipinski definition) is 6. The van der Waals surface area contributed by atoms with Crippen LogP contribution in [0, 0.1) is 0 Å². The van der Waals surface area contributed by atoms with Crippen molar-refractivity contribution in [3.8, 4) is 0 Å². The molecule has 0 fully saturated rings. The van der Waals surface area contributed by atoms with Crippen LogP contribution in [0.3, 0.4) is 0 Å². The summed E-state index contributed by atoms with van der Waals surface area (Å²) in [7, 11) is 0. The Bertz CT molecular complexity index is 695. The topological polar surface area (TPSA) is 71.0 Å². The highest BCUT2D eigenvalue weighted by atomic mass is 35.5. The molecule has 0 unspecified atom stereocenters. The molecule has 2 aromatic rings. The van der Waals surface area contributed by atoms with E-state index in [1.807, 2.05) is 12.1 Å². The largest absolute Gasteiger partial charge is 0.356 e. The number of pyridine rings is 1. The van der Waals surface area contributed by atoms with E-state index < -0.39 is 0 Å². The maximum absolute atomic E-state index is 12.1. The van der Waals surface area contributed by atoms with Gasteiger partial charge in [0.2, 0.25) is 5.91 Å². The van der Waals surface area contributed by atoms with Crippen molar-refractivity contribution in [3.63, 3.8) is 0 Å². The number of anilines is 1. The zero-order valence-corrected chi connectivity index (χ0v) is 16.7. The van der Waals surface area contributed by atoms with Crippen LogP contribution in [-0.4, -0.2) is 39.7 Å². The minimum atomic E-state index is -0.0732. The van der Waals surface area contributed by atoms with E-state index in [1.54, 1.807) is 18.5 Å². The van der Waals surface area contributed by atoms with Gasteiger partial charge >= 0.3 is 0 Å². The molecule has 0 atom stereocenters. The van der Waals surface area contributed by atoms with Gasteiger partial charge in [0.05, 0.1) is 5.75 Å². The van der Waals surface area contributed by atoms with Gasteiger partial charge in [-0.05, 0) is 30.5 Å². The number of amides is 1. The molecule has 2 heterocycles. The van der Waals surface area contributed by atoms with E-state index in [0.29, 0.717) is 16.9 Å². The summed E-state index contributed by atoms with van der Waals surface area (Å²) in [5, 5.41) is 3.79. The molecule has 0 saturated carbocycles. The third-order valence-electron chi connectivity index (χ3n) is 3.54. The predicted molar refractivity (Wildman–Crippen MR) is 107 cm³/mol. The second kappa shape index (κ2) is 11.0. The third kappa shape index (κ3) is 6.80. The maximum atomic E-state index is 12.1. The van der Waals surface area contributed by atoms with Crippen LogP contribution in [0.4, 0.5) is 5.82 Å². The summed E-state index contributed by atoms with van der Waals surface area (Å²) in [6.45, 7) is 6.57. The molecule has 140 valence electrons. The Kier molecular flexibility index (Phi) is 8.64. The van der Waals surface area contributed by atoms with Gasteiger partial charge in [0.25, 0.3) is 0 Å². The first kappa shape index (κ1) is 20.5. The van der Waals surface area contributed by atoms with Crippen molar-refractivity contribution in [3.05, 3.63) is 41.3 Å². The van der Waals surface area contributed by atoms with Gasteiger partial charge in [-0.3, -0.25) is 9.78 Å². The normalized spacial score (nSPS) is 10.6. The second-order valence-electron chi connectivity index (χ2n) is 5.74. The lowest BCUT2D eigenvalue weighted by Crippen LogP contribution is -2.26. The van der Waals surface area contributed by atoms with Crippen LogP contribution in [0.1, 0.15) is 32.3 Å². The van der Waals surface area contributed by atoms with Crippen LogP contribution in [0.2, 0.25) is 5.15 Å². The molecule has 2 rings (SSSR count). The lowest BCUT2D eigenvalue weighted by atomic mass is 10.3. The molecule has 0 bridgehead atoms. The van der Waals surface area contributed by atoms with Crippen molar-refractivity contribution in [1.29, 1.82) is 0 Å². The van der Waals surface area contributed by atoms with Gasteiger partial charge < -0.3 is 10.2 Å². The molecule has 0 saturated heterocycles. The van der Waals surface area contributed by atoms with E-state index in [4.69, 9.17) is 11.6 Å². The zero-order valence-electron chi connectivity index (χ0n) is 15.1. The molecule has 0 aliphatic rings. The number of thioether (sulfide) groups is 1. The first-order chi connectivity index (χ1) is 12.6. The first-order valence-corrected chi connectivity index (χ1v) is 10.1. The first-order valence-electron chi connectivity index (χ1n) is 8.70. The highest BCUT2D eigenvalue weighted by molar-refractivity contribution is 7.99. The molecule has 1 amide bonds. The van der Waals surface area contributed by atoms with E-state index in [1.165, 1.54) is 11.8 Å². The molecular weight excluding hydrogens is 370 g/mol. The summed E-state index contributed by atoms with van der Waals surface area (Å²) >= 11 is 7.44. The van der Waals surface area contributed by atoms with E-state index in [0.717, 1.165) is 37.3 Å². The number of nitrogens with zero attached hydrogens (tertiary/aromatic N) is 4. The molecule has 0 radical (unpaired) electrons. The standard InChI is InChI=1S/C18H24ClN5OS/c1-3-9-24(10-4-2)16-11-15(19)22-18(23-16)26-13-17(25)21-12-14-5-7-20-8-6-14/h5-8,11H,3-4,9-10,12-13H2,1-2H3,(H,21,25). The van der Waals surface area contributed by atoms with Gasteiger partial charge in [-0.2, -0.15) is 0 Å². The third-order valence-corrected chi connectivity index (χ3v) is 4.58. The number of carbonyl (C=O) groups is 1. The summed E-state index contributed by atoms with van der Waals surface area (Å²) < 4.78 is 0. The summed E-state index contributed by atoms with van der Waals surface area (Å²) in [6, 6.07) is 5.52. The van der Waals surface area contributed by atoms with Crippen molar-refractivity contribution < 1.29 is 4.79 Å². The van der Waals surface area contributed by atoms with Gasteiger partial charge in [0.15, 0.2) is 5.16 Å². The summed E-state index contributed by atoms with van der Waals surface area (Å²) in [6.07, 6.45) is 5.47. The molecule has 0 aromatic carbocycles. The number of rotatable bonds is 10. The summed E-state index contributed by atoms with van der Waals surface area (Å²) in [4.78, 5) is 27.0. The zero-order chi connectivity index (χ0) is 18.8. The molecule has 1 N–H and O–H groups in total. The van der Waals surface area contributed by atoms with Crippen LogP contribution < -0.4 is 10.2 Å². The molecule has 6 nitrogen and oxygen atoms in total. The Labute approximate surface area is 163 Å². The molecule has 0 spiro atoms. The fourth-order valence-corrected chi connectivity index (χ4v) is 3.29. The van der Waals surface area contributed by atoms with Crippen molar-refractivity contribution >= 4 is 35.1 Å². The number of nitrogens with one attached hydrogen (secondary N) is 1. The van der Waals surface area contributed by atoms with Gasteiger partial charge in [0, 0.05) is 38.1 Å². The predicted octanol–water partition coefficient (Wildman–Crippen LogP) is 3.56. The van der Waals surface area contributed by atoms with Crippen molar-refractivity contribution in [2.45, 2.75) is 38.4 Å². The number of carbonyl (C=O) groups excluding carboxylic acids is 1. The van der Waals surface area contributed by atoms with Crippen molar-refractivity contribution in [2.75, 3.05) is 23.7 Å². The average molecular weight is 394 g/mol. The van der Waals surface area contributed by atoms with Crippen LogP contribution >= 0.6 is 23.4 Å². The van der Waals surface area contributed by atoms with E-state index in [9.17, 15) is 4.79 Å². The van der Waals surface area contributed by atoms with Gasteiger partial charge in [-0.1, -0.05) is 37.2 Å². The molecule has 26 heavy (non-hydrogen) atoms. The molecule has 2 aromatic heterocycles. The van der Waals surface area contributed by atoms with E-state index in [-0.39, 0.29) is 11.7 Å². The Morgan fingerprint density at radius 2 is 1.88 bits per heavy atom. The number of aromatic nitrogens is 3. The van der Waals surface area contributed by atoms with Gasteiger partial charge in [-0.15, -0.1) is 0 Å². The molecule has 0 aliphatic carbocycles. The van der Waals surface area contributed by atoms with Crippen LogP contribution in [0.5, 0.6) is 0 Å². The minimum absolute atomic E-state index is 0.0732. The Morgan fingerprint density at radius 3 is 2.54 bits per heavy atom. The molecule has 0 aliphatic heterocycles. The summed E-state index contributed by atoms with van der Waals surface area (Å²) in [5.74, 6) is 0.983. The average Bonchev–Trinajstić information content (AvgIpc) is 2.65. The Morgan fingerprint density at radius 1 is 1.19 bits per heavy atom. The van der Waals surface area contributed by atoms with Crippen molar-refractivity contribution in [1.82, 2.24) is 20.3 Å². The lowest BCUT2D eigenvalue weighted by molar-refractivity contribution is -0.118. The minimum Gasteiger partial charge on any atom is -0.356 e. The van der Waals surface area contributed by atoms with Gasteiger partial charge in [0.1, 0.15) is 11.0 Å². The highest BCUT2D eigenvalue weighted by Crippen LogP contribution is 2.22. The number of hydrogen-bond donors (Lipinski definition) is 1. The van der Waals surface area contributed by atoms with Gasteiger partial charge in [-0.25, -0.2) is 9.97 Å². The Hall–Kier alpha value is -1.86. The number of halogens is 1. The van der Waals surface area contributed by atoms with E-state index >= 15 is 0 Å². The fraction of sp³-hybridized carbons (Fsp3) is 0.444. The Balaban J connectivity index is 1.92. The van der Waals surface area contributed by atoms with Crippen LogP contribution in [0.25, 0.3) is 0 Å². The van der Waals surface area contributed by atoms with Crippen molar-refractivity contribution in [2.24, 2.45) is 0 Å². The quantitative estimate of drug-likeness (QED) is 0.378. The summed E-state index contributed by atoms with van der Waals surface area (Å²) in [5.41, 5.74) is 1.01. The van der Waals surface area contributed by atoms with Crippen LogP contribution in [-0.2, 0) is 11.3 Å². The second-order valence-corrected chi connectivity index (χ2v) is 7.07. The molecule has 8 heteroatoms. The van der Waals surface area contributed by atoms with Crippen LogP contribution in [0.15, 0.2) is 35.7 Å². The lowest BCUT2D eigenvalue weighted by Gasteiger charge is -2.22. The monoisotopic (exact) mass is 393 g/mol. The molecular formula is C18H24ClN5OS. The van der Waals surface area contributed by atoms with E-state index in [2.05, 4.69) is 39.0 Å². The maximum Gasteiger partial charge on any atom is 0.230 e. The highest BCUT2D eigenvalue weighted by Gasteiger charge is 2.12.